The maximum atomic E-state index is 12.5. The summed E-state index contributed by atoms with van der Waals surface area (Å²) < 4.78 is 5.56. The maximum Gasteiger partial charge on any atom is 0.307 e. The highest BCUT2D eigenvalue weighted by atomic mass is 16.5. The Morgan fingerprint density at radius 1 is 1.43 bits per heavy atom. The van der Waals surface area contributed by atoms with Crippen LogP contribution in [0.3, 0.4) is 0 Å². The Morgan fingerprint density at radius 2 is 2.14 bits per heavy atom. The molecule has 1 amide bonds. The molecule has 0 spiro atoms. The first-order valence-electron chi connectivity index (χ1n) is 6.83. The number of aliphatic carboxylic acids is 1. The number of rotatable bonds is 5. The predicted molar refractivity (Wildman–Crippen MR) is 78.8 cm³/mol. The van der Waals surface area contributed by atoms with Crippen molar-refractivity contribution < 1.29 is 19.4 Å². The van der Waals surface area contributed by atoms with Crippen LogP contribution < -0.4 is 9.64 Å². The summed E-state index contributed by atoms with van der Waals surface area (Å²) in [5, 5.41) is 8.92. The fourth-order valence-electron chi connectivity index (χ4n) is 2.25. The van der Waals surface area contributed by atoms with Crippen LogP contribution in [0.15, 0.2) is 18.2 Å². The molecule has 1 aromatic rings. The standard InChI is InChI=1S/C15H20N2O4/c1-10-4-5-12-11(8-10)17(7-6-16(2)3)15(20)13(21-12)9-14(18)19/h4-5,8,13H,6-7,9H2,1-3H3,(H,18,19). The fourth-order valence-corrected chi connectivity index (χ4v) is 2.25. The molecule has 6 nitrogen and oxygen atoms in total. The monoisotopic (exact) mass is 292 g/mol. The van der Waals surface area contributed by atoms with E-state index in [1.165, 1.54) is 0 Å². The van der Waals surface area contributed by atoms with Crippen LogP contribution >= 0.6 is 0 Å². The summed E-state index contributed by atoms with van der Waals surface area (Å²) in [5.74, 6) is -0.779. The van der Waals surface area contributed by atoms with Gasteiger partial charge in [0.2, 0.25) is 0 Å². The topological polar surface area (TPSA) is 70.1 Å². The summed E-state index contributed by atoms with van der Waals surface area (Å²) in [7, 11) is 3.85. The summed E-state index contributed by atoms with van der Waals surface area (Å²) in [4.78, 5) is 27.0. The maximum absolute atomic E-state index is 12.5. The van der Waals surface area contributed by atoms with E-state index in [0.29, 0.717) is 24.5 Å². The van der Waals surface area contributed by atoms with E-state index < -0.39 is 12.1 Å². The average molecular weight is 292 g/mol. The van der Waals surface area contributed by atoms with Gasteiger partial charge in [-0.25, -0.2) is 0 Å². The normalized spacial score (nSPS) is 17.6. The van der Waals surface area contributed by atoms with Gasteiger partial charge in [-0.1, -0.05) is 6.07 Å². The Labute approximate surface area is 123 Å². The lowest BCUT2D eigenvalue weighted by Crippen LogP contribution is -2.48. The molecule has 2 rings (SSSR count). The number of amides is 1. The molecule has 1 aromatic carbocycles. The van der Waals surface area contributed by atoms with Crippen LogP contribution in [0.2, 0.25) is 0 Å². The van der Waals surface area contributed by atoms with Crippen molar-refractivity contribution >= 4 is 17.6 Å². The van der Waals surface area contributed by atoms with Gasteiger partial charge in [-0.2, -0.15) is 0 Å². The lowest BCUT2D eigenvalue weighted by Gasteiger charge is -2.34. The van der Waals surface area contributed by atoms with E-state index in [4.69, 9.17) is 9.84 Å². The molecular weight excluding hydrogens is 272 g/mol. The molecule has 1 unspecified atom stereocenters. The van der Waals surface area contributed by atoms with Gasteiger partial charge < -0.3 is 19.6 Å². The van der Waals surface area contributed by atoms with Gasteiger partial charge in [0.1, 0.15) is 5.75 Å². The van der Waals surface area contributed by atoms with Crippen LogP contribution in [0.25, 0.3) is 0 Å². The number of hydrogen-bond acceptors (Lipinski definition) is 4. The van der Waals surface area contributed by atoms with E-state index in [9.17, 15) is 9.59 Å². The zero-order chi connectivity index (χ0) is 15.6. The number of benzene rings is 1. The Balaban J connectivity index is 2.32. The van der Waals surface area contributed by atoms with Crippen LogP contribution in [0.1, 0.15) is 12.0 Å². The van der Waals surface area contributed by atoms with E-state index in [2.05, 4.69) is 0 Å². The van der Waals surface area contributed by atoms with E-state index in [-0.39, 0.29) is 12.3 Å². The molecular formula is C15H20N2O4. The average Bonchev–Trinajstić information content (AvgIpc) is 2.38. The summed E-state index contributed by atoms with van der Waals surface area (Å²) in [6, 6.07) is 5.56. The molecule has 1 aliphatic rings. The molecule has 0 bridgehead atoms. The Morgan fingerprint density at radius 3 is 2.76 bits per heavy atom. The highest BCUT2D eigenvalue weighted by molar-refractivity contribution is 6.01. The van der Waals surface area contributed by atoms with Crippen molar-refractivity contribution in [2.45, 2.75) is 19.4 Å². The number of fused-ring (bicyclic) bond motifs is 1. The van der Waals surface area contributed by atoms with Gasteiger partial charge >= 0.3 is 5.97 Å². The summed E-state index contributed by atoms with van der Waals surface area (Å²) >= 11 is 0. The number of anilines is 1. The van der Waals surface area contributed by atoms with Gasteiger partial charge in [0, 0.05) is 13.1 Å². The second-order valence-corrected chi connectivity index (χ2v) is 5.47. The highest BCUT2D eigenvalue weighted by Crippen LogP contribution is 2.35. The number of carbonyl (C=O) groups is 2. The second kappa shape index (κ2) is 6.13. The van der Waals surface area contributed by atoms with Gasteiger partial charge in [-0.05, 0) is 38.7 Å². The number of hydrogen-bond donors (Lipinski definition) is 1. The molecule has 1 aliphatic heterocycles. The zero-order valence-corrected chi connectivity index (χ0v) is 12.5. The molecule has 0 saturated carbocycles. The van der Waals surface area contributed by atoms with Crippen molar-refractivity contribution in [1.82, 2.24) is 4.90 Å². The fraction of sp³-hybridized carbons (Fsp3) is 0.467. The lowest BCUT2D eigenvalue weighted by molar-refractivity contribution is -0.142. The molecule has 0 radical (unpaired) electrons. The number of nitrogens with zero attached hydrogens (tertiary/aromatic N) is 2. The zero-order valence-electron chi connectivity index (χ0n) is 12.5. The Hall–Kier alpha value is -2.08. The molecule has 21 heavy (non-hydrogen) atoms. The van der Waals surface area contributed by atoms with Crippen LogP contribution in [-0.2, 0) is 9.59 Å². The van der Waals surface area contributed by atoms with Crippen molar-refractivity contribution in [1.29, 1.82) is 0 Å². The van der Waals surface area contributed by atoms with Crippen molar-refractivity contribution in [2.24, 2.45) is 0 Å². The molecule has 114 valence electrons. The van der Waals surface area contributed by atoms with Gasteiger partial charge in [-0.3, -0.25) is 9.59 Å². The van der Waals surface area contributed by atoms with Gasteiger partial charge in [0.05, 0.1) is 12.1 Å². The number of likely N-dealkylation sites (N-methyl/N-ethyl adjacent to an activating group) is 1. The predicted octanol–water partition coefficient (Wildman–Crippen LogP) is 1.13. The van der Waals surface area contributed by atoms with E-state index in [0.717, 1.165) is 5.56 Å². The minimum atomic E-state index is -1.04. The molecule has 0 aliphatic carbocycles. The second-order valence-electron chi connectivity index (χ2n) is 5.47. The summed E-state index contributed by atoms with van der Waals surface area (Å²) in [6.45, 7) is 3.14. The third kappa shape index (κ3) is 3.52. The molecule has 0 fully saturated rings. The number of ether oxygens (including phenoxy) is 1. The quantitative estimate of drug-likeness (QED) is 0.881. The molecule has 1 N–H and O–H groups in total. The SMILES string of the molecule is Cc1ccc2c(c1)N(CCN(C)C)C(=O)C(CC(=O)O)O2. The smallest absolute Gasteiger partial charge is 0.307 e. The van der Waals surface area contributed by atoms with Crippen molar-refractivity contribution in [3.63, 3.8) is 0 Å². The minimum absolute atomic E-state index is 0.294. The highest BCUT2D eigenvalue weighted by Gasteiger charge is 2.35. The van der Waals surface area contributed by atoms with Crippen LogP contribution in [0.5, 0.6) is 5.75 Å². The van der Waals surface area contributed by atoms with Crippen LogP contribution in [0.4, 0.5) is 5.69 Å². The van der Waals surface area contributed by atoms with Gasteiger partial charge in [-0.15, -0.1) is 0 Å². The number of carboxylic acids is 1. The lowest BCUT2D eigenvalue weighted by atomic mass is 10.1. The van der Waals surface area contributed by atoms with Crippen molar-refractivity contribution in [2.75, 3.05) is 32.1 Å². The largest absolute Gasteiger partial charge is 0.481 e. The Kier molecular flexibility index (Phi) is 4.47. The number of aryl methyl sites for hydroxylation is 1. The summed E-state index contributed by atoms with van der Waals surface area (Å²) in [6.07, 6.45) is -1.29. The first kappa shape index (κ1) is 15.3. The number of carbonyl (C=O) groups excluding carboxylic acids is 1. The first-order chi connectivity index (χ1) is 9.88. The number of carboxylic acid groups (broad SMARTS) is 1. The van der Waals surface area contributed by atoms with E-state index >= 15 is 0 Å². The molecule has 0 aromatic heterocycles. The van der Waals surface area contributed by atoms with Crippen molar-refractivity contribution in [3.8, 4) is 5.75 Å². The first-order valence-corrected chi connectivity index (χ1v) is 6.83. The third-order valence-corrected chi connectivity index (χ3v) is 3.35. The van der Waals surface area contributed by atoms with Crippen LogP contribution in [-0.4, -0.2) is 55.2 Å². The van der Waals surface area contributed by atoms with Crippen LogP contribution in [0, 0.1) is 6.92 Å². The molecule has 6 heteroatoms. The van der Waals surface area contributed by atoms with Gasteiger partial charge in [0.25, 0.3) is 5.91 Å². The minimum Gasteiger partial charge on any atom is -0.481 e. The van der Waals surface area contributed by atoms with E-state index in [1.807, 2.05) is 38.1 Å². The summed E-state index contributed by atoms with van der Waals surface area (Å²) in [5.41, 5.74) is 1.74. The Bertz CT molecular complexity index is 557. The molecule has 1 heterocycles. The third-order valence-electron chi connectivity index (χ3n) is 3.35. The van der Waals surface area contributed by atoms with Gasteiger partial charge in [0.15, 0.2) is 6.10 Å². The van der Waals surface area contributed by atoms with E-state index in [1.54, 1.807) is 11.0 Å². The molecule has 1 atom stereocenters. The molecule has 0 saturated heterocycles. The van der Waals surface area contributed by atoms with Crippen molar-refractivity contribution in [3.05, 3.63) is 23.8 Å².